The molecular formula is C16H22N4O2. The van der Waals surface area contributed by atoms with E-state index in [2.05, 4.69) is 15.6 Å². The first-order valence-corrected chi connectivity index (χ1v) is 7.54. The molecule has 0 saturated carbocycles. The van der Waals surface area contributed by atoms with Crippen LogP contribution in [0.2, 0.25) is 0 Å². The van der Waals surface area contributed by atoms with Gasteiger partial charge >= 0.3 is 0 Å². The van der Waals surface area contributed by atoms with Gasteiger partial charge in [0.1, 0.15) is 0 Å². The van der Waals surface area contributed by atoms with Gasteiger partial charge in [0, 0.05) is 19.1 Å². The van der Waals surface area contributed by atoms with Crippen LogP contribution in [-0.4, -0.2) is 48.3 Å². The van der Waals surface area contributed by atoms with Gasteiger partial charge in [0.05, 0.1) is 17.7 Å². The molecular weight excluding hydrogens is 280 g/mol. The lowest BCUT2D eigenvalue weighted by Gasteiger charge is -2.15. The van der Waals surface area contributed by atoms with Crippen molar-refractivity contribution in [3.05, 3.63) is 35.4 Å². The SMILES string of the molecule is CCNC(=NCCN1C(=O)c2ccccc2C1=O)NC(C)C. The van der Waals surface area contributed by atoms with Crippen molar-refractivity contribution in [3.8, 4) is 0 Å². The summed E-state index contributed by atoms with van der Waals surface area (Å²) in [5.74, 6) is 0.212. The molecule has 1 aliphatic rings. The molecule has 2 amide bonds. The molecule has 0 aliphatic carbocycles. The van der Waals surface area contributed by atoms with E-state index in [4.69, 9.17) is 0 Å². The third-order valence-corrected chi connectivity index (χ3v) is 3.24. The maximum Gasteiger partial charge on any atom is 0.261 e. The fourth-order valence-electron chi connectivity index (χ4n) is 2.30. The lowest BCUT2D eigenvalue weighted by atomic mass is 10.1. The molecule has 118 valence electrons. The van der Waals surface area contributed by atoms with E-state index in [9.17, 15) is 9.59 Å². The molecule has 0 atom stereocenters. The summed E-state index contributed by atoms with van der Waals surface area (Å²) in [5, 5.41) is 6.33. The summed E-state index contributed by atoms with van der Waals surface area (Å²) in [4.78, 5) is 30.1. The standard InChI is InChI=1S/C16H22N4O2/c1-4-17-16(19-11(2)3)18-9-10-20-14(21)12-7-5-6-8-13(12)15(20)22/h5-8,11H,4,9-10H2,1-3H3,(H2,17,18,19). The Labute approximate surface area is 130 Å². The van der Waals surface area contributed by atoms with Gasteiger partial charge in [0.15, 0.2) is 5.96 Å². The molecule has 1 heterocycles. The second-order valence-electron chi connectivity index (χ2n) is 5.37. The number of hydrogen-bond acceptors (Lipinski definition) is 3. The number of amides is 2. The molecule has 1 aromatic rings. The first kappa shape index (κ1) is 16.0. The number of fused-ring (bicyclic) bond motifs is 1. The number of benzene rings is 1. The number of carbonyl (C=O) groups is 2. The smallest absolute Gasteiger partial charge is 0.261 e. The van der Waals surface area contributed by atoms with Crippen LogP contribution in [0, 0.1) is 0 Å². The van der Waals surface area contributed by atoms with Gasteiger partial charge in [-0.05, 0) is 32.9 Å². The fourth-order valence-corrected chi connectivity index (χ4v) is 2.30. The van der Waals surface area contributed by atoms with Crippen LogP contribution in [0.5, 0.6) is 0 Å². The predicted octanol–water partition coefficient (Wildman–Crippen LogP) is 1.25. The zero-order chi connectivity index (χ0) is 16.1. The molecule has 6 heteroatoms. The van der Waals surface area contributed by atoms with Crippen LogP contribution >= 0.6 is 0 Å². The van der Waals surface area contributed by atoms with Gasteiger partial charge < -0.3 is 10.6 Å². The summed E-state index contributed by atoms with van der Waals surface area (Å²) in [5.41, 5.74) is 0.951. The van der Waals surface area contributed by atoms with Gasteiger partial charge in [-0.1, -0.05) is 12.1 Å². The fraction of sp³-hybridized carbons (Fsp3) is 0.438. The van der Waals surface area contributed by atoms with Crippen molar-refractivity contribution in [1.29, 1.82) is 0 Å². The van der Waals surface area contributed by atoms with Crippen LogP contribution in [0.3, 0.4) is 0 Å². The van der Waals surface area contributed by atoms with E-state index < -0.39 is 0 Å². The Hall–Kier alpha value is -2.37. The molecule has 2 N–H and O–H groups in total. The Morgan fingerprint density at radius 2 is 1.77 bits per heavy atom. The van der Waals surface area contributed by atoms with Gasteiger partial charge in [-0.3, -0.25) is 19.5 Å². The van der Waals surface area contributed by atoms with E-state index in [1.165, 1.54) is 4.90 Å². The summed E-state index contributed by atoms with van der Waals surface area (Å²) in [6, 6.07) is 7.16. The van der Waals surface area contributed by atoms with Gasteiger partial charge in [-0.25, -0.2) is 0 Å². The highest BCUT2D eigenvalue weighted by molar-refractivity contribution is 6.21. The van der Waals surface area contributed by atoms with E-state index in [1.54, 1.807) is 24.3 Å². The second kappa shape index (κ2) is 7.06. The summed E-state index contributed by atoms with van der Waals surface area (Å²) in [7, 11) is 0. The van der Waals surface area contributed by atoms with Crippen molar-refractivity contribution in [2.45, 2.75) is 26.8 Å². The van der Waals surface area contributed by atoms with Crippen LogP contribution in [0.1, 0.15) is 41.5 Å². The van der Waals surface area contributed by atoms with Crippen molar-refractivity contribution >= 4 is 17.8 Å². The maximum atomic E-state index is 12.2. The number of guanidine groups is 1. The molecule has 0 saturated heterocycles. The highest BCUT2D eigenvalue weighted by atomic mass is 16.2. The predicted molar refractivity (Wildman–Crippen MR) is 86.1 cm³/mol. The van der Waals surface area contributed by atoms with Crippen molar-refractivity contribution < 1.29 is 9.59 Å². The van der Waals surface area contributed by atoms with E-state index >= 15 is 0 Å². The van der Waals surface area contributed by atoms with Crippen LogP contribution < -0.4 is 10.6 Å². The highest BCUT2D eigenvalue weighted by Gasteiger charge is 2.34. The Morgan fingerprint density at radius 3 is 2.27 bits per heavy atom. The number of rotatable bonds is 5. The average Bonchev–Trinajstić information content (AvgIpc) is 2.72. The summed E-state index contributed by atoms with van der Waals surface area (Å²) < 4.78 is 0. The van der Waals surface area contributed by atoms with Crippen LogP contribution in [0.15, 0.2) is 29.3 Å². The topological polar surface area (TPSA) is 73.8 Å². The van der Waals surface area contributed by atoms with Crippen LogP contribution in [0.25, 0.3) is 0 Å². The molecule has 0 aromatic heterocycles. The van der Waals surface area contributed by atoms with E-state index in [0.717, 1.165) is 6.54 Å². The zero-order valence-electron chi connectivity index (χ0n) is 13.2. The van der Waals surface area contributed by atoms with Crippen molar-refractivity contribution in [3.63, 3.8) is 0 Å². The summed E-state index contributed by atoms with van der Waals surface area (Å²) in [6.07, 6.45) is 0. The Kier molecular flexibility index (Phi) is 5.14. The second-order valence-corrected chi connectivity index (χ2v) is 5.37. The van der Waals surface area contributed by atoms with Gasteiger partial charge in [0.2, 0.25) is 0 Å². The Morgan fingerprint density at radius 1 is 1.18 bits per heavy atom. The van der Waals surface area contributed by atoms with Crippen molar-refractivity contribution in [2.75, 3.05) is 19.6 Å². The first-order valence-electron chi connectivity index (χ1n) is 7.54. The number of hydrogen-bond donors (Lipinski definition) is 2. The zero-order valence-corrected chi connectivity index (χ0v) is 13.2. The Balaban J connectivity index is 2.00. The Bertz CT molecular complexity index is 561. The number of aliphatic imine (C=N–C) groups is 1. The number of imide groups is 1. The number of nitrogens with one attached hydrogen (secondary N) is 2. The number of nitrogens with zero attached hydrogens (tertiary/aromatic N) is 2. The molecule has 0 spiro atoms. The largest absolute Gasteiger partial charge is 0.357 e. The van der Waals surface area contributed by atoms with E-state index in [-0.39, 0.29) is 24.4 Å². The van der Waals surface area contributed by atoms with Gasteiger partial charge in [0.25, 0.3) is 11.8 Å². The maximum absolute atomic E-state index is 12.2. The molecule has 0 unspecified atom stereocenters. The minimum atomic E-state index is -0.238. The molecule has 0 radical (unpaired) electrons. The monoisotopic (exact) mass is 302 g/mol. The van der Waals surface area contributed by atoms with Crippen molar-refractivity contribution in [2.24, 2.45) is 4.99 Å². The molecule has 1 aliphatic heterocycles. The molecule has 22 heavy (non-hydrogen) atoms. The molecule has 6 nitrogen and oxygen atoms in total. The van der Waals surface area contributed by atoms with Gasteiger partial charge in [-0.2, -0.15) is 0 Å². The molecule has 1 aromatic carbocycles. The molecule has 2 rings (SSSR count). The average molecular weight is 302 g/mol. The van der Waals surface area contributed by atoms with Crippen molar-refractivity contribution in [1.82, 2.24) is 15.5 Å². The lowest BCUT2D eigenvalue weighted by molar-refractivity contribution is 0.0659. The van der Waals surface area contributed by atoms with E-state index in [1.807, 2.05) is 20.8 Å². The first-order chi connectivity index (χ1) is 10.5. The molecule has 0 fully saturated rings. The minimum absolute atomic E-state index is 0.238. The summed E-state index contributed by atoms with van der Waals surface area (Å²) in [6.45, 7) is 7.44. The third kappa shape index (κ3) is 3.44. The third-order valence-electron chi connectivity index (χ3n) is 3.24. The normalized spacial score (nSPS) is 14.5. The molecule has 0 bridgehead atoms. The quantitative estimate of drug-likeness (QED) is 0.488. The highest BCUT2D eigenvalue weighted by Crippen LogP contribution is 2.21. The van der Waals surface area contributed by atoms with Gasteiger partial charge in [-0.15, -0.1) is 0 Å². The lowest BCUT2D eigenvalue weighted by Crippen LogP contribution is -2.41. The van der Waals surface area contributed by atoms with E-state index in [0.29, 0.717) is 23.6 Å². The number of carbonyl (C=O) groups excluding carboxylic acids is 2. The minimum Gasteiger partial charge on any atom is -0.357 e. The summed E-state index contributed by atoms with van der Waals surface area (Å²) >= 11 is 0. The van der Waals surface area contributed by atoms with Crippen LogP contribution in [-0.2, 0) is 0 Å². The van der Waals surface area contributed by atoms with Crippen LogP contribution in [0.4, 0.5) is 0 Å².